The normalized spacial score (nSPS) is 19.5. The molecule has 32 heavy (non-hydrogen) atoms. The highest BCUT2D eigenvalue weighted by Crippen LogP contribution is 2.31. The Labute approximate surface area is 189 Å². The number of aliphatic carboxylic acids is 1. The van der Waals surface area contributed by atoms with Crippen LogP contribution < -0.4 is 10.6 Å². The Balaban J connectivity index is 1.45. The summed E-state index contributed by atoms with van der Waals surface area (Å²) in [5.74, 6) is -0.155. The minimum atomic E-state index is -0.732. The molecule has 0 radical (unpaired) electrons. The monoisotopic (exact) mass is 458 g/mol. The molecule has 0 bridgehead atoms. The molecular weight excluding hydrogens is 435 g/mol. The molecule has 2 aromatic heterocycles. The van der Waals surface area contributed by atoms with Crippen LogP contribution in [0, 0.1) is 17.7 Å². The predicted molar refractivity (Wildman–Crippen MR) is 121 cm³/mol. The van der Waals surface area contributed by atoms with Crippen molar-refractivity contribution in [1.29, 1.82) is 0 Å². The molecule has 2 heterocycles. The molecule has 3 N–H and O–H groups in total. The van der Waals surface area contributed by atoms with Crippen molar-refractivity contribution in [2.24, 2.45) is 11.8 Å². The third kappa shape index (κ3) is 5.21. The van der Waals surface area contributed by atoms with E-state index in [4.69, 9.17) is 16.7 Å². The Morgan fingerprint density at radius 2 is 2.03 bits per heavy atom. The molecule has 1 aliphatic rings. The van der Waals surface area contributed by atoms with Crippen molar-refractivity contribution >= 4 is 46.1 Å². The molecule has 1 atom stereocenters. The molecule has 1 unspecified atom stereocenters. The standard InChI is InChI=1S/C22H24ClFN6O2/c1-12(21(31)32)8-13-2-4-14(5-3-13)29-22-25-10-18-19(30-22)20(27-11-26-18)28-15-6-7-17(24)16(23)9-15/h6-7,9-14H,2-5,8H2,1H3,(H,31,32)(H,25,29,30)(H,26,27,28). The number of halogens is 2. The van der Waals surface area contributed by atoms with Crippen LogP contribution in [0.25, 0.3) is 11.0 Å². The highest BCUT2D eigenvalue weighted by molar-refractivity contribution is 6.31. The number of carbonyl (C=O) groups is 1. The summed E-state index contributed by atoms with van der Waals surface area (Å²) in [6, 6.07) is 4.55. The van der Waals surface area contributed by atoms with E-state index >= 15 is 0 Å². The van der Waals surface area contributed by atoms with Gasteiger partial charge in [-0.3, -0.25) is 4.79 Å². The van der Waals surface area contributed by atoms with Crippen LogP contribution in [0.15, 0.2) is 30.7 Å². The van der Waals surface area contributed by atoms with Gasteiger partial charge in [-0.25, -0.2) is 24.3 Å². The van der Waals surface area contributed by atoms with Gasteiger partial charge in [-0.15, -0.1) is 0 Å². The van der Waals surface area contributed by atoms with E-state index in [0.717, 1.165) is 25.7 Å². The van der Waals surface area contributed by atoms with Gasteiger partial charge in [-0.2, -0.15) is 0 Å². The van der Waals surface area contributed by atoms with Crippen LogP contribution in [0.5, 0.6) is 0 Å². The molecule has 3 aromatic rings. The van der Waals surface area contributed by atoms with Crippen LogP contribution in [0.1, 0.15) is 39.0 Å². The summed E-state index contributed by atoms with van der Waals surface area (Å²) in [5.41, 5.74) is 1.69. The van der Waals surface area contributed by atoms with Gasteiger partial charge in [0.15, 0.2) is 5.82 Å². The second-order valence-corrected chi connectivity index (χ2v) is 8.65. The molecule has 0 aliphatic heterocycles. The van der Waals surface area contributed by atoms with Crippen LogP contribution in [0.2, 0.25) is 5.02 Å². The van der Waals surface area contributed by atoms with Gasteiger partial charge in [0.1, 0.15) is 23.2 Å². The first-order chi connectivity index (χ1) is 15.4. The maximum Gasteiger partial charge on any atom is 0.306 e. The highest BCUT2D eigenvalue weighted by atomic mass is 35.5. The summed E-state index contributed by atoms with van der Waals surface area (Å²) >= 11 is 5.87. The fourth-order valence-corrected chi connectivity index (χ4v) is 4.23. The molecule has 1 aromatic carbocycles. The van der Waals surface area contributed by atoms with Crippen LogP contribution in [-0.2, 0) is 4.79 Å². The van der Waals surface area contributed by atoms with E-state index in [9.17, 15) is 9.18 Å². The molecular formula is C22H24ClFN6O2. The van der Waals surface area contributed by atoms with Gasteiger partial charge in [0.05, 0.1) is 17.1 Å². The lowest BCUT2D eigenvalue weighted by molar-refractivity contribution is -0.141. The molecule has 1 saturated carbocycles. The summed E-state index contributed by atoms with van der Waals surface area (Å²) in [4.78, 5) is 28.6. The first-order valence-electron chi connectivity index (χ1n) is 10.6. The summed E-state index contributed by atoms with van der Waals surface area (Å²) in [6.07, 6.45) is 7.58. The number of rotatable bonds is 7. The first kappa shape index (κ1) is 22.1. The second kappa shape index (κ2) is 9.60. The predicted octanol–water partition coefficient (Wildman–Crippen LogP) is 5.04. The molecule has 0 spiro atoms. The zero-order chi connectivity index (χ0) is 22.7. The van der Waals surface area contributed by atoms with Crippen molar-refractivity contribution < 1.29 is 14.3 Å². The molecule has 10 heteroatoms. The average molecular weight is 459 g/mol. The number of nitrogens with one attached hydrogen (secondary N) is 2. The number of hydrogen-bond donors (Lipinski definition) is 3. The molecule has 1 aliphatic carbocycles. The Kier molecular flexibility index (Phi) is 6.64. The largest absolute Gasteiger partial charge is 0.481 e. The molecule has 168 valence electrons. The maximum atomic E-state index is 13.4. The zero-order valence-electron chi connectivity index (χ0n) is 17.6. The molecule has 0 saturated heterocycles. The molecule has 1 fully saturated rings. The van der Waals surface area contributed by atoms with Crippen LogP contribution in [0.3, 0.4) is 0 Å². The number of carboxylic acids is 1. The van der Waals surface area contributed by atoms with Crippen molar-refractivity contribution in [3.63, 3.8) is 0 Å². The smallest absolute Gasteiger partial charge is 0.306 e. The van der Waals surface area contributed by atoms with Crippen molar-refractivity contribution in [1.82, 2.24) is 19.9 Å². The third-order valence-corrected chi connectivity index (χ3v) is 6.14. The number of benzene rings is 1. The lowest BCUT2D eigenvalue weighted by Crippen LogP contribution is -2.28. The topological polar surface area (TPSA) is 113 Å². The van der Waals surface area contributed by atoms with Gasteiger partial charge < -0.3 is 15.7 Å². The number of fused-ring (bicyclic) bond motifs is 1. The van der Waals surface area contributed by atoms with E-state index in [1.54, 1.807) is 19.2 Å². The SMILES string of the molecule is CC(CC1CCC(Nc2ncc3ncnc(Nc4ccc(F)c(Cl)c4)c3n2)CC1)C(=O)O. The van der Waals surface area contributed by atoms with Crippen LogP contribution >= 0.6 is 11.6 Å². The van der Waals surface area contributed by atoms with E-state index in [-0.39, 0.29) is 17.0 Å². The average Bonchev–Trinajstić information content (AvgIpc) is 2.78. The molecule has 4 rings (SSSR count). The number of nitrogens with zero attached hydrogens (tertiary/aromatic N) is 4. The molecule has 0 amide bonds. The van der Waals surface area contributed by atoms with Gasteiger partial charge in [-0.05, 0) is 56.2 Å². The van der Waals surface area contributed by atoms with Crippen molar-refractivity contribution in [2.45, 2.75) is 45.1 Å². The molecule has 8 nitrogen and oxygen atoms in total. The minimum Gasteiger partial charge on any atom is -0.481 e. The van der Waals surface area contributed by atoms with E-state index in [1.165, 1.54) is 18.5 Å². The third-order valence-electron chi connectivity index (χ3n) is 5.85. The van der Waals surface area contributed by atoms with E-state index < -0.39 is 11.8 Å². The van der Waals surface area contributed by atoms with E-state index in [2.05, 4.69) is 30.6 Å². The number of carboxylic acid groups (broad SMARTS) is 1. The summed E-state index contributed by atoms with van der Waals surface area (Å²) in [6.45, 7) is 1.77. The Bertz CT molecular complexity index is 1120. The van der Waals surface area contributed by atoms with Crippen LogP contribution in [-0.4, -0.2) is 37.1 Å². The second-order valence-electron chi connectivity index (χ2n) is 8.24. The van der Waals surface area contributed by atoms with E-state index in [0.29, 0.717) is 40.8 Å². The zero-order valence-corrected chi connectivity index (χ0v) is 18.3. The Morgan fingerprint density at radius 1 is 1.25 bits per heavy atom. The quantitative estimate of drug-likeness (QED) is 0.451. The van der Waals surface area contributed by atoms with E-state index in [1.807, 2.05) is 0 Å². The van der Waals surface area contributed by atoms with Crippen LogP contribution in [0.4, 0.5) is 21.8 Å². The summed E-state index contributed by atoms with van der Waals surface area (Å²) in [7, 11) is 0. The minimum absolute atomic E-state index is 0.0127. The lowest BCUT2D eigenvalue weighted by Gasteiger charge is -2.30. The number of hydrogen-bond acceptors (Lipinski definition) is 7. The van der Waals surface area contributed by atoms with Crippen molar-refractivity contribution in [3.8, 4) is 0 Å². The first-order valence-corrected chi connectivity index (χ1v) is 11.0. The lowest BCUT2D eigenvalue weighted by atomic mass is 9.81. The van der Waals surface area contributed by atoms with Gasteiger partial charge in [-0.1, -0.05) is 18.5 Å². The van der Waals surface area contributed by atoms with Gasteiger partial charge in [0.25, 0.3) is 0 Å². The van der Waals surface area contributed by atoms with Crippen molar-refractivity contribution in [2.75, 3.05) is 10.6 Å². The van der Waals surface area contributed by atoms with Gasteiger partial charge in [0, 0.05) is 11.7 Å². The summed E-state index contributed by atoms with van der Waals surface area (Å²) < 4.78 is 13.4. The maximum absolute atomic E-state index is 13.4. The fraction of sp³-hybridized carbons (Fsp3) is 0.409. The number of anilines is 3. The fourth-order valence-electron chi connectivity index (χ4n) is 4.05. The number of aromatic nitrogens is 4. The van der Waals surface area contributed by atoms with Gasteiger partial charge >= 0.3 is 5.97 Å². The van der Waals surface area contributed by atoms with Crippen molar-refractivity contribution in [3.05, 3.63) is 41.6 Å². The Hall–Kier alpha value is -3.07. The highest BCUT2D eigenvalue weighted by Gasteiger charge is 2.25. The summed E-state index contributed by atoms with van der Waals surface area (Å²) in [5, 5.41) is 15.6. The van der Waals surface area contributed by atoms with Gasteiger partial charge in [0.2, 0.25) is 5.95 Å². The Morgan fingerprint density at radius 3 is 2.75 bits per heavy atom.